The summed E-state index contributed by atoms with van der Waals surface area (Å²) in [6, 6.07) is 2.60. The number of anilines is 1. The van der Waals surface area contributed by atoms with Crippen molar-refractivity contribution < 1.29 is 22.4 Å². The predicted octanol–water partition coefficient (Wildman–Crippen LogP) is 4.49. The number of benzene rings is 1. The van der Waals surface area contributed by atoms with E-state index in [2.05, 4.69) is 10.3 Å². The molecule has 1 fully saturated rings. The van der Waals surface area contributed by atoms with Crippen molar-refractivity contribution in [2.45, 2.75) is 31.4 Å². The lowest BCUT2D eigenvalue weighted by Crippen LogP contribution is -2.34. The Bertz CT molecular complexity index is 1020. The topological polar surface area (TPSA) is 62.0 Å². The summed E-state index contributed by atoms with van der Waals surface area (Å²) in [5.41, 5.74) is -0.0825. The number of aromatic amines is 1. The molecule has 2 bridgehead atoms. The van der Waals surface area contributed by atoms with E-state index in [0.29, 0.717) is 6.42 Å². The SMILES string of the molecule is O=C(Nc1cc(Cl)c(C(F)(F)F)cc1F)C1[C@@H]2CC[C@@H]1c1c[nH]c(=O)cc1C2. The second kappa shape index (κ2) is 6.62. The van der Waals surface area contributed by atoms with Gasteiger partial charge in [-0.3, -0.25) is 9.59 Å². The van der Waals surface area contributed by atoms with Crippen molar-refractivity contribution in [1.29, 1.82) is 0 Å². The summed E-state index contributed by atoms with van der Waals surface area (Å²) in [4.78, 5) is 27.0. The number of alkyl halides is 3. The lowest BCUT2D eigenvalue weighted by atomic mass is 9.75. The third kappa shape index (κ3) is 3.19. The Morgan fingerprint density at radius 3 is 2.68 bits per heavy atom. The molecule has 2 aliphatic rings. The largest absolute Gasteiger partial charge is 0.417 e. The van der Waals surface area contributed by atoms with Gasteiger partial charge in [-0.2, -0.15) is 13.2 Å². The van der Waals surface area contributed by atoms with Gasteiger partial charge in [-0.25, -0.2) is 4.39 Å². The molecule has 4 rings (SSSR count). The van der Waals surface area contributed by atoms with E-state index in [1.807, 2.05) is 0 Å². The molecule has 0 spiro atoms. The van der Waals surface area contributed by atoms with Gasteiger partial charge in [0.15, 0.2) is 0 Å². The monoisotopic (exact) mass is 414 g/mol. The first-order valence-electron chi connectivity index (χ1n) is 8.73. The minimum absolute atomic E-state index is 0.00715. The highest BCUT2D eigenvalue weighted by molar-refractivity contribution is 6.31. The minimum atomic E-state index is -4.79. The van der Waals surface area contributed by atoms with Crippen LogP contribution in [0.3, 0.4) is 0 Å². The quantitative estimate of drug-likeness (QED) is 0.711. The molecule has 1 heterocycles. The maximum atomic E-state index is 14.2. The van der Waals surface area contributed by atoms with Gasteiger partial charge < -0.3 is 10.3 Å². The van der Waals surface area contributed by atoms with Crippen LogP contribution in [0.5, 0.6) is 0 Å². The molecule has 2 N–H and O–H groups in total. The fourth-order valence-electron chi connectivity index (χ4n) is 4.46. The summed E-state index contributed by atoms with van der Waals surface area (Å²) in [6.45, 7) is 0. The van der Waals surface area contributed by atoms with Crippen LogP contribution in [-0.4, -0.2) is 10.9 Å². The van der Waals surface area contributed by atoms with Gasteiger partial charge >= 0.3 is 6.18 Å². The molecule has 9 heteroatoms. The fourth-order valence-corrected chi connectivity index (χ4v) is 4.73. The van der Waals surface area contributed by atoms with Gasteiger partial charge in [-0.1, -0.05) is 11.6 Å². The smallest absolute Gasteiger partial charge is 0.329 e. The lowest BCUT2D eigenvalue weighted by Gasteiger charge is -2.31. The van der Waals surface area contributed by atoms with E-state index in [-0.39, 0.29) is 29.1 Å². The molecule has 1 saturated carbocycles. The third-order valence-corrected chi connectivity index (χ3v) is 5.95. The van der Waals surface area contributed by atoms with Crippen LogP contribution in [-0.2, 0) is 17.4 Å². The van der Waals surface area contributed by atoms with Crippen LogP contribution in [0.25, 0.3) is 0 Å². The average Bonchev–Trinajstić information content (AvgIpc) is 2.92. The van der Waals surface area contributed by atoms with E-state index in [0.717, 1.165) is 30.0 Å². The number of carbonyl (C=O) groups is 1. The Balaban J connectivity index is 1.61. The molecule has 1 unspecified atom stereocenters. The molecular weight excluding hydrogens is 400 g/mol. The van der Waals surface area contributed by atoms with Crippen molar-refractivity contribution in [3.8, 4) is 0 Å². The number of H-pyrrole nitrogens is 1. The number of rotatable bonds is 2. The van der Waals surface area contributed by atoms with Gasteiger partial charge in [0, 0.05) is 18.2 Å². The molecule has 1 amide bonds. The third-order valence-electron chi connectivity index (χ3n) is 5.64. The highest BCUT2D eigenvalue weighted by atomic mass is 35.5. The Labute approximate surface area is 161 Å². The maximum Gasteiger partial charge on any atom is 0.417 e. The molecule has 1 aromatic heterocycles. The lowest BCUT2D eigenvalue weighted by molar-refractivity contribution is -0.137. The van der Waals surface area contributed by atoms with Gasteiger partial charge in [0.05, 0.1) is 16.3 Å². The fraction of sp³-hybridized carbons (Fsp3) is 0.368. The Morgan fingerprint density at radius 2 is 1.96 bits per heavy atom. The van der Waals surface area contributed by atoms with Gasteiger partial charge in [-0.15, -0.1) is 0 Å². The van der Waals surface area contributed by atoms with Crippen molar-refractivity contribution in [2.24, 2.45) is 11.8 Å². The molecule has 1 aromatic carbocycles. The normalized spacial score (nSPS) is 23.4. The summed E-state index contributed by atoms with van der Waals surface area (Å²) in [7, 11) is 0. The molecule has 0 aliphatic heterocycles. The van der Waals surface area contributed by atoms with Crippen molar-refractivity contribution in [1.82, 2.24) is 4.98 Å². The Hall–Kier alpha value is -2.35. The molecule has 0 radical (unpaired) electrons. The van der Waals surface area contributed by atoms with E-state index in [4.69, 9.17) is 11.6 Å². The van der Waals surface area contributed by atoms with E-state index >= 15 is 0 Å². The predicted molar refractivity (Wildman–Crippen MR) is 94.8 cm³/mol. The Morgan fingerprint density at radius 1 is 1.21 bits per heavy atom. The van der Waals surface area contributed by atoms with Crippen LogP contribution < -0.4 is 10.9 Å². The van der Waals surface area contributed by atoms with Crippen molar-refractivity contribution in [3.05, 3.63) is 62.3 Å². The van der Waals surface area contributed by atoms with Crippen LogP contribution in [0.4, 0.5) is 23.2 Å². The summed E-state index contributed by atoms with van der Waals surface area (Å²) in [5, 5.41) is 1.72. The second-order valence-electron chi connectivity index (χ2n) is 7.25. The van der Waals surface area contributed by atoms with Crippen molar-refractivity contribution in [3.63, 3.8) is 0 Å². The van der Waals surface area contributed by atoms with E-state index in [1.165, 1.54) is 6.07 Å². The van der Waals surface area contributed by atoms with Crippen molar-refractivity contribution >= 4 is 23.2 Å². The number of hydrogen-bond acceptors (Lipinski definition) is 2. The maximum absolute atomic E-state index is 14.2. The molecular formula is C19H15ClF4N2O2. The number of carbonyl (C=O) groups excluding carboxylic acids is 1. The highest BCUT2D eigenvalue weighted by Gasteiger charge is 2.46. The minimum Gasteiger partial charge on any atom is -0.329 e. The number of aromatic nitrogens is 1. The average molecular weight is 415 g/mol. The van der Waals surface area contributed by atoms with Gasteiger partial charge in [0.2, 0.25) is 11.5 Å². The van der Waals surface area contributed by atoms with Crippen LogP contribution in [0, 0.1) is 17.7 Å². The van der Waals surface area contributed by atoms with E-state index < -0.39 is 34.4 Å². The summed E-state index contributed by atoms with van der Waals surface area (Å²) in [6.07, 6.45) is -1.09. The second-order valence-corrected chi connectivity index (χ2v) is 7.66. The standard InChI is InChI=1S/C19H15ClF4N2O2/c20-13-6-15(14(21)5-12(13)19(22,23)24)26-18(28)17-8-1-2-10(17)11-7-25-16(27)4-9(11)3-8/h4-8,10,17H,1-3H2,(H,25,27)(H,26,28)/t8-,10-,17?/m1/s1. The first-order valence-corrected chi connectivity index (χ1v) is 9.11. The van der Waals surface area contributed by atoms with Crippen LogP contribution in [0.15, 0.2) is 29.2 Å². The molecule has 148 valence electrons. The van der Waals surface area contributed by atoms with Crippen LogP contribution >= 0.6 is 11.6 Å². The van der Waals surface area contributed by atoms with Gasteiger partial charge in [0.25, 0.3) is 0 Å². The van der Waals surface area contributed by atoms with Crippen molar-refractivity contribution in [2.75, 3.05) is 5.32 Å². The summed E-state index contributed by atoms with van der Waals surface area (Å²) >= 11 is 5.63. The zero-order chi connectivity index (χ0) is 20.2. The number of hydrogen-bond donors (Lipinski definition) is 2. The molecule has 4 nitrogen and oxygen atoms in total. The van der Waals surface area contributed by atoms with Crippen LogP contribution in [0.1, 0.15) is 35.4 Å². The first kappa shape index (κ1) is 19.0. The number of halogens is 5. The number of amides is 1. The first-order chi connectivity index (χ1) is 13.1. The number of fused-ring (bicyclic) bond motifs is 4. The zero-order valence-electron chi connectivity index (χ0n) is 14.4. The zero-order valence-corrected chi connectivity index (χ0v) is 15.1. The van der Waals surface area contributed by atoms with E-state index in [1.54, 1.807) is 6.20 Å². The van der Waals surface area contributed by atoms with Gasteiger partial charge in [0.1, 0.15) is 5.82 Å². The molecule has 0 saturated heterocycles. The molecule has 28 heavy (non-hydrogen) atoms. The van der Waals surface area contributed by atoms with E-state index in [9.17, 15) is 27.2 Å². The molecule has 2 aliphatic carbocycles. The summed E-state index contributed by atoms with van der Waals surface area (Å²) in [5.74, 6) is -2.23. The molecule has 3 atom stereocenters. The molecule has 2 aromatic rings. The summed E-state index contributed by atoms with van der Waals surface area (Å²) < 4.78 is 52.7. The van der Waals surface area contributed by atoms with Crippen LogP contribution in [0.2, 0.25) is 5.02 Å². The number of pyridine rings is 1. The van der Waals surface area contributed by atoms with Gasteiger partial charge in [-0.05, 0) is 54.4 Å². The Kier molecular flexibility index (Phi) is 4.49. The highest BCUT2D eigenvalue weighted by Crippen LogP contribution is 2.50. The number of nitrogens with one attached hydrogen (secondary N) is 2.